The molecule has 0 aliphatic carbocycles. The number of rotatable bonds is 4. The fourth-order valence-electron chi connectivity index (χ4n) is 2.57. The maximum atomic E-state index is 5.44. The average Bonchev–Trinajstić information content (AvgIpc) is 2.94. The summed E-state index contributed by atoms with van der Waals surface area (Å²) in [4.78, 5) is 0. The van der Waals surface area contributed by atoms with E-state index < -0.39 is 0 Å². The third kappa shape index (κ3) is 3.06. The molecule has 2 aromatic carbocycles. The van der Waals surface area contributed by atoms with Crippen molar-refractivity contribution in [2.45, 2.75) is 25.9 Å². The van der Waals surface area contributed by atoms with Crippen molar-refractivity contribution in [3.8, 4) is 11.5 Å². The highest BCUT2D eigenvalue weighted by Crippen LogP contribution is 2.34. The van der Waals surface area contributed by atoms with Crippen molar-refractivity contribution in [1.82, 2.24) is 5.32 Å². The first-order valence-electron chi connectivity index (χ1n) is 7.05. The molecule has 1 aliphatic rings. The topological polar surface area (TPSA) is 30.5 Å². The van der Waals surface area contributed by atoms with Gasteiger partial charge in [0.2, 0.25) is 6.79 Å². The first kappa shape index (κ1) is 14.4. The molecule has 3 rings (SSSR count). The quantitative estimate of drug-likeness (QED) is 0.877. The van der Waals surface area contributed by atoms with Crippen LogP contribution >= 0.6 is 15.9 Å². The Bertz CT molecular complexity index is 644. The molecule has 0 bridgehead atoms. The Morgan fingerprint density at radius 1 is 1.00 bits per heavy atom. The van der Waals surface area contributed by atoms with Gasteiger partial charge in [-0.1, -0.05) is 40.2 Å². The Hall–Kier alpha value is -1.52. The van der Waals surface area contributed by atoms with Gasteiger partial charge in [0, 0.05) is 16.6 Å². The number of hydrogen-bond donors (Lipinski definition) is 1. The minimum atomic E-state index is 0.224. The van der Waals surface area contributed by atoms with Gasteiger partial charge < -0.3 is 14.8 Å². The van der Waals surface area contributed by atoms with Gasteiger partial charge in [0.1, 0.15) is 0 Å². The van der Waals surface area contributed by atoms with Crippen LogP contribution in [0.1, 0.15) is 37.1 Å². The molecule has 0 aromatic heterocycles. The zero-order valence-electron chi connectivity index (χ0n) is 12.1. The van der Waals surface area contributed by atoms with E-state index in [1.807, 2.05) is 18.2 Å². The second-order valence-electron chi connectivity index (χ2n) is 5.24. The standard InChI is InChI=1S/C17H18BrNO2/c1-11(13-7-8-16-17(9-13)21-10-20-16)19-12(2)14-5-3-4-6-15(14)18/h3-9,11-12,19H,10H2,1-2H3/t11?,12-/m1/s1. The third-order valence-electron chi connectivity index (χ3n) is 3.77. The molecular weight excluding hydrogens is 330 g/mol. The predicted molar refractivity (Wildman–Crippen MR) is 86.7 cm³/mol. The lowest BCUT2D eigenvalue weighted by atomic mass is 10.0. The van der Waals surface area contributed by atoms with Crippen LogP contribution in [0.2, 0.25) is 0 Å². The monoisotopic (exact) mass is 347 g/mol. The Kier molecular flexibility index (Phi) is 4.17. The van der Waals surface area contributed by atoms with Crippen LogP contribution in [-0.4, -0.2) is 6.79 Å². The van der Waals surface area contributed by atoms with E-state index >= 15 is 0 Å². The summed E-state index contributed by atoms with van der Waals surface area (Å²) in [5.74, 6) is 1.65. The summed E-state index contributed by atoms with van der Waals surface area (Å²) < 4.78 is 11.9. The molecule has 0 fully saturated rings. The summed E-state index contributed by atoms with van der Waals surface area (Å²) in [5.41, 5.74) is 2.45. The van der Waals surface area contributed by atoms with E-state index in [0.29, 0.717) is 6.79 Å². The van der Waals surface area contributed by atoms with Gasteiger partial charge in [-0.3, -0.25) is 0 Å². The molecule has 1 N–H and O–H groups in total. The van der Waals surface area contributed by atoms with Gasteiger partial charge >= 0.3 is 0 Å². The van der Waals surface area contributed by atoms with Crippen LogP contribution in [0.3, 0.4) is 0 Å². The van der Waals surface area contributed by atoms with Crippen molar-refractivity contribution in [1.29, 1.82) is 0 Å². The molecule has 4 heteroatoms. The molecule has 2 aromatic rings. The molecule has 1 aliphatic heterocycles. The highest BCUT2D eigenvalue weighted by Gasteiger charge is 2.17. The summed E-state index contributed by atoms with van der Waals surface area (Å²) >= 11 is 3.61. The highest BCUT2D eigenvalue weighted by atomic mass is 79.9. The van der Waals surface area contributed by atoms with Crippen molar-refractivity contribution >= 4 is 15.9 Å². The van der Waals surface area contributed by atoms with E-state index in [-0.39, 0.29) is 12.1 Å². The van der Waals surface area contributed by atoms with E-state index in [0.717, 1.165) is 16.0 Å². The second kappa shape index (κ2) is 6.08. The first-order valence-corrected chi connectivity index (χ1v) is 7.84. The summed E-state index contributed by atoms with van der Waals surface area (Å²) in [6.45, 7) is 4.64. The zero-order chi connectivity index (χ0) is 14.8. The van der Waals surface area contributed by atoms with Crippen molar-refractivity contribution in [2.24, 2.45) is 0 Å². The van der Waals surface area contributed by atoms with Gasteiger partial charge in [0.05, 0.1) is 0 Å². The van der Waals surface area contributed by atoms with Gasteiger partial charge in [-0.2, -0.15) is 0 Å². The van der Waals surface area contributed by atoms with Crippen LogP contribution in [0, 0.1) is 0 Å². The molecule has 3 nitrogen and oxygen atoms in total. The molecule has 21 heavy (non-hydrogen) atoms. The number of fused-ring (bicyclic) bond motifs is 1. The number of ether oxygens (including phenoxy) is 2. The van der Waals surface area contributed by atoms with Crippen LogP contribution < -0.4 is 14.8 Å². The van der Waals surface area contributed by atoms with E-state index in [4.69, 9.17) is 9.47 Å². The molecule has 0 radical (unpaired) electrons. The van der Waals surface area contributed by atoms with Crippen LogP contribution in [0.25, 0.3) is 0 Å². The van der Waals surface area contributed by atoms with Gasteiger partial charge in [-0.25, -0.2) is 0 Å². The van der Waals surface area contributed by atoms with Crippen molar-refractivity contribution < 1.29 is 9.47 Å². The lowest BCUT2D eigenvalue weighted by molar-refractivity contribution is 0.174. The van der Waals surface area contributed by atoms with Crippen LogP contribution in [0.4, 0.5) is 0 Å². The lowest BCUT2D eigenvalue weighted by Crippen LogP contribution is -2.22. The SMILES string of the molecule is CC(N[C@H](C)c1ccccc1Br)c1ccc2c(c1)OCO2. The van der Waals surface area contributed by atoms with Crippen molar-refractivity contribution in [3.05, 3.63) is 58.1 Å². The Morgan fingerprint density at radius 2 is 1.76 bits per heavy atom. The highest BCUT2D eigenvalue weighted by molar-refractivity contribution is 9.10. The smallest absolute Gasteiger partial charge is 0.231 e. The summed E-state index contributed by atoms with van der Waals surface area (Å²) in [6.07, 6.45) is 0. The first-order chi connectivity index (χ1) is 10.1. The van der Waals surface area contributed by atoms with Gasteiger partial charge in [-0.05, 0) is 43.2 Å². The fraction of sp³-hybridized carbons (Fsp3) is 0.294. The summed E-state index contributed by atoms with van der Waals surface area (Å²) in [5, 5.41) is 3.62. The van der Waals surface area contributed by atoms with Crippen molar-refractivity contribution in [2.75, 3.05) is 6.79 Å². The van der Waals surface area contributed by atoms with Crippen molar-refractivity contribution in [3.63, 3.8) is 0 Å². The van der Waals surface area contributed by atoms with Gasteiger partial charge in [-0.15, -0.1) is 0 Å². The molecule has 2 atom stereocenters. The summed E-state index contributed by atoms with van der Waals surface area (Å²) in [7, 11) is 0. The molecule has 0 spiro atoms. The number of hydrogen-bond acceptors (Lipinski definition) is 3. The molecule has 0 amide bonds. The Balaban J connectivity index is 1.74. The van der Waals surface area contributed by atoms with Crippen LogP contribution in [-0.2, 0) is 0 Å². The molecule has 110 valence electrons. The molecular formula is C17H18BrNO2. The Morgan fingerprint density at radius 3 is 2.57 bits per heavy atom. The maximum Gasteiger partial charge on any atom is 0.231 e. The van der Waals surface area contributed by atoms with E-state index in [9.17, 15) is 0 Å². The normalized spacial score (nSPS) is 15.8. The number of nitrogens with one attached hydrogen (secondary N) is 1. The predicted octanol–water partition coefficient (Wildman–Crippen LogP) is 4.59. The molecule has 1 heterocycles. The molecule has 0 saturated carbocycles. The fourth-order valence-corrected chi connectivity index (χ4v) is 3.20. The van der Waals surface area contributed by atoms with Gasteiger partial charge in [0.15, 0.2) is 11.5 Å². The minimum Gasteiger partial charge on any atom is -0.454 e. The van der Waals surface area contributed by atoms with Crippen LogP contribution in [0.15, 0.2) is 46.9 Å². The molecule has 1 unspecified atom stereocenters. The van der Waals surface area contributed by atoms with E-state index in [1.54, 1.807) is 0 Å². The number of halogens is 1. The maximum absolute atomic E-state index is 5.44. The van der Waals surface area contributed by atoms with Gasteiger partial charge in [0.25, 0.3) is 0 Å². The zero-order valence-corrected chi connectivity index (χ0v) is 13.7. The van der Waals surface area contributed by atoms with E-state index in [2.05, 4.69) is 59.4 Å². The van der Waals surface area contributed by atoms with Crippen LogP contribution in [0.5, 0.6) is 11.5 Å². The lowest BCUT2D eigenvalue weighted by Gasteiger charge is -2.22. The number of benzene rings is 2. The Labute approximate surface area is 133 Å². The average molecular weight is 348 g/mol. The minimum absolute atomic E-state index is 0.224. The largest absolute Gasteiger partial charge is 0.454 e. The summed E-state index contributed by atoms with van der Waals surface area (Å²) in [6, 6.07) is 14.9. The molecule has 0 saturated heterocycles. The second-order valence-corrected chi connectivity index (χ2v) is 6.10. The third-order valence-corrected chi connectivity index (χ3v) is 4.49. The van der Waals surface area contributed by atoms with E-state index in [1.165, 1.54) is 11.1 Å².